The maximum Gasteiger partial charge on any atom is 0.296 e. The molecule has 1 unspecified atom stereocenters. The van der Waals surface area contributed by atoms with E-state index < -0.39 is 38.2 Å². The normalized spacial score (nSPS) is 14.0. The SMILES string of the molecule is CCCCc1nc(=O)c(S(=O)(=O)c2ccc(-c3ccnc(F)c3C)cc2)c(O)n1C(c1cccc(C#N)c1)C1CC1. The number of rotatable bonds is 9. The molecule has 0 spiro atoms. The molecule has 1 N–H and O–H groups in total. The first-order valence-corrected chi connectivity index (χ1v) is 15.0. The summed E-state index contributed by atoms with van der Waals surface area (Å²) in [6, 6.07) is 15.9. The molecule has 0 aliphatic heterocycles. The minimum atomic E-state index is -4.50. The second kappa shape index (κ2) is 11.3. The van der Waals surface area contributed by atoms with Gasteiger partial charge in [-0.1, -0.05) is 37.6 Å². The number of unbranched alkanes of at least 4 members (excludes halogenated alkanes) is 1. The lowest BCUT2D eigenvalue weighted by molar-refractivity contribution is 0.348. The van der Waals surface area contributed by atoms with Crippen molar-refractivity contribution < 1.29 is 17.9 Å². The summed E-state index contributed by atoms with van der Waals surface area (Å²) in [6.45, 7) is 3.57. The molecule has 1 fully saturated rings. The quantitative estimate of drug-likeness (QED) is 0.262. The Balaban J connectivity index is 1.66. The molecule has 1 aliphatic rings. The molecule has 2 heterocycles. The van der Waals surface area contributed by atoms with Crippen LogP contribution < -0.4 is 5.56 Å². The number of hydrogen-bond donors (Lipinski definition) is 1. The smallest absolute Gasteiger partial charge is 0.296 e. The molecule has 210 valence electrons. The van der Waals surface area contributed by atoms with Gasteiger partial charge in [-0.3, -0.25) is 9.36 Å². The van der Waals surface area contributed by atoms with E-state index in [1.54, 1.807) is 31.2 Å². The second-order valence-corrected chi connectivity index (χ2v) is 12.2. The zero-order chi connectivity index (χ0) is 29.3. The van der Waals surface area contributed by atoms with Gasteiger partial charge in [0.1, 0.15) is 5.82 Å². The summed E-state index contributed by atoms with van der Waals surface area (Å²) in [4.78, 5) is 20.1. The number of aromatic hydroxyl groups is 1. The molecule has 5 rings (SSSR count). The first-order chi connectivity index (χ1) is 19.7. The number of sulfone groups is 1. The van der Waals surface area contributed by atoms with Crippen LogP contribution in [-0.4, -0.2) is 28.1 Å². The van der Waals surface area contributed by atoms with Gasteiger partial charge < -0.3 is 5.11 Å². The Kier molecular flexibility index (Phi) is 7.74. The number of hydrogen-bond acceptors (Lipinski definition) is 7. The average molecular weight is 573 g/mol. The number of nitriles is 1. The topological polar surface area (TPSA) is 126 Å². The van der Waals surface area contributed by atoms with Gasteiger partial charge in [-0.05, 0) is 79.1 Å². The Bertz CT molecular complexity index is 1820. The van der Waals surface area contributed by atoms with Crippen molar-refractivity contribution in [1.82, 2.24) is 14.5 Å². The molecule has 41 heavy (non-hydrogen) atoms. The minimum Gasteiger partial charge on any atom is -0.493 e. The predicted molar refractivity (Wildman–Crippen MR) is 151 cm³/mol. The highest BCUT2D eigenvalue weighted by molar-refractivity contribution is 7.91. The van der Waals surface area contributed by atoms with E-state index >= 15 is 0 Å². The van der Waals surface area contributed by atoms with Gasteiger partial charge in [0.2, 0.25) is 21.7 Å². The molecule has 2 aromatic carbocycles. The van der Waals surface area contributed by atoms with Gasteiger partial charge in [0.15, 0.2) is 4.90 Å². The standard InChI is InChI=1S/C31H29FN4O4S/c1-3-4-8-26-35-30(37)28(31(38)36(26)27(22-9-10-22)23-7-5-6-20(17-23)18-33)41(39,40)24-13-11-21(12-14-24)25-15-16-34-29(32)19(25)2/h5-7,11-17,22,27,38H,3-4,8-10H2,1-2H3. The van der Waals surface area contributed by atoms with Crippen molar-refractivity contribution in [2.24, 2.45) is 5.92 Å². The Morgan fingerprint density at radius 2 is 1.90 bits per heavy atom. The molecule has 10 heteroatoms. The molecule has 4 aromatic rings. The van der Waals surface area contributed by atoms with Gasteiger partial charge in [0.25, 0.3) is 5.56 Å². The maximum atomic E-state index is 14.0. The van der Waals surface area contributed by atoms with Crippen LogP contribution in [0.15, 0.2) is 75.4 Å². The van der Waals surface area contributed by atoms with E-state index in [2.05, 4.69) is 16.0 Å². The Labute approximate surface area is 237 Å². The van der Waals surface area contributed by atoms with Crippen LogP contribution >= 0.6 is 0 Å². The Morgan fingerprint density at radius 3 is 2.56 bits per heavy atom. The number of benzene rings is 2. The van der Waals surface area contributed by atoms with E-state index in [9.17, 15) is 28.0 Å². The third kappa shape index (κ3) is 5.37. The van der Waals surface area contributed by atoms with Gasteiger partial charge in [0, 0.05) is 18.2 Å². The highest BCUT2D eigenvalue weighted by Gasteiger charge is 2.39. The van der Waals surface area contributed by atoms with Crippen LogP contribution in [0.1, 0.15) is 61.2 Å². The van der Waals surface area contributed by atoms with Crippen molar-refractivity contribution in [2.45, 2.75) is 61.8 Å². The second-order valence-electron chi connectivity index (χ2n) is 10.3. The van der Waals surface area contributed by atoms with Crippen LogP contribution in [-0.2, 0) is 16.3 Å². The van der Waals surface area contributed by atoms with Gasteiger partial charge in [-0.25, -0.2) is 13.4 Å². The van der Waals surface area contributed by atoms with Crippen molar-refractivity contribution >= 4 is 9.84 Å². The number of nitrogens with zero attached hydrogens (tertiary/aromatic N) is 4. The van der Waals surface area contributed by atoms with Crippen molar-refractivity contribution in [3.63, 3.8) is 0 Å². The first kappa shape index (κ1) is 28.2. The van der Waals surface area contributed by atoms with E-state index in [1.165, 1.54) is 35.0 Å². The molecule has 1 aliphatic carbocycles. The van der Waals surface area contributed by atoms with Crippen LogP contribution in [0.4, 0.5) is 4.39 Å². The maximum absolute atomic E-state index is 14.0. The van der Waals surface area contributed by atoms with E-state index in [-0.39, 0.29) is 10.8 Å². The van der Waals surface area contributed by atoms with Crippen LogP contribution in [0.3, 0.4) is 0 Å². The summed E-state index contributed by atoms with van der Waals surface area (Å²) < 4.78 is 43.2. The number of halogens is 1. The molecule has 1 saturated carbocycles. The average Bonchev–Trinajstić information content (AvgIpc) is 3.80. The van der Waals surface area contributed by atoms with E-state index in [1.807, 2.05) is 13.0 Å². The van der Waals surface area contributed by atoms with Crippen LogP contribution in [0.25, 0.3) is 11.1 Å². The molecule has 0 bridgehead atoms. The summed E-state index contributed by atoms with van der Waals surface area (Å²) in [5.41, 5.74) is 1.60. The summed E-state index contributed by atoms with van der Waals surface area (Å²) in [7, 11) is -4.50. The highest BCUT2D eigenvalue weighted by Crippen LogP contribution is 2.46. The number of aryl methyl sites for hydroxylation is 1. The summed E-state index contributed by atoms with van der Waals surface area (Å²) in [5.74, 6) is -0.896. The van der Waals surface area contributed by atoms with Gasteiger partial charge in [0.05, 0.1) is 22.6 Å². The molecule has 0 amide bonds. The fourth-order valence-electron chi connectivity index (χ4n) is 5.18. The van der Waals surface area contributed by atoms with E-state index in [0.717, 1.165) is 24.8 Å². The summed E-state index contributed by atoms with van der Waals surface area (Å²) in [5, 5.41) is 21.1. The van der Waals surface area contributed by atoms with E-state index in [0.29, 0.717) is 40.9 Å². The van der Waals surface area contributed by atoms with Crippen LogP contribution in [0, 0.1) is 30.1 Å². The molecule has 0 saturated heterocycles. The lowest BCUT2D eigenvalue weighted by Crippen LogP contribution is -2.28. The van der Waals surface area contributed by atoms with Crippen molar-refractivity contribution in [1.29, 1.82) is 5.26 Å². The van der Waals surface area contributed by atoms with Crippen LogP contribution in [0.5, 0.6) is 5.88 Å². The molecule has 0 radical (unpaired) electrons. The monoisotopic (exact) mass is 572 g/mol. The summed E-state index contributed by atoms with van der Waals surface area (Å²) in [6.07, 6.45) is 4.89. The lowest BCUT2D eigenvalue weighted by atomic mass is 9.99. The van der Waals surface area contributed by atoms with Gasteiger partial charge in [-0.2, -0.15) is 14.6 Å². The third-order valence-electron chi connectivity index (χ3n) is 7.48. The fourth-order valence-corrected chi connectivity index (χ4v) is 6.52. The summed E-state index contributed by atoms with van der Waals surface area (Å²) >= 11 is 0. The van der Waals surface area contributed by atoms with Gasteiger partial charge >= 0.3 is 0 Å². The molecular weight excluding hydrogens is 543 g/mol. The zero-order valence-electron chi connectivity index (χ0n) is 22.7. The zero-order valence-corrected chi connectivity index (χ0v) is 23.5. The molecule has 1 atom stereocenters. The first-order valence-electron chi connectivity index (χ1n) is 13.5. The molecule has 8 nitrogen and oxygen atoms in total. The van der Waals surface area contributed by atoms with E-state index in [4.69, 9.17) is 0 Å². The predicted octanol–water partition coefficient (Wildman–Crippen LogP) is 5.50. The largest absolute Gasteiger partial charge is 0.493 e. The van der Waals surface area contributed by atoms with Crippen molar-refractivity contribution in [3.05, 3.63) is 99.6 Å². The number of pyridine rings is 1. The number of aromatic nitrogens is 3. The van der Waals surface area contributed by atoms with Crippen molar-refractivity contribution in [3.8, 4) is 23.1 Å². The van der Waals surface area contributed by atoms with Crippen LogP contribution in [0.2, 0.25) is 0 Å². The minimum absolute atomic E-state index is 0.0818. The fraction of sp³-hybridized carbons (Fsp3) is 0.290. The Hall–Kier alpha value is -4.36. The lowest BCUT2D eigenvalue weighted by Gasteiger charge is -2.26. The van der Waals surface area contributed by atoms with Gasteiger partial charge in [-0.15, -0.1) is 0 Å². The molecular formula is C31H29FN4O4S. The highest BCUT2D eigenvalue weighted by atomic mass is 32.2. The van der Waals surface area contributed by atoms with Crippen molar-refractivity contribution in [2.75, 3.05) is 0 Å². The third-order valence-corrected chi connectivity index (χ3v) is 9.27. The molecule has 2 aromatic heterocycles. The Morgan fingerprint density at radius 1 is 1.17 bits per heavy atom.